The summed E-state index contributed by atoms with van der Waals surface area (Å²) in [4.78, 5) is 17.0. The molecule has 0 atom stereocenters. The molecule has 0 unspecified atom stereocenters. The van der Waals surface area contributed by atoms with Gasteiger partial charge < -0.3 is 9.72 Å². The Hall–Kier alpha value is -5.37. The number of ether oxygens (including phenoxy) is 1. The molecule has 7 rings (SSSR count). The van der Waals surface area contributed by atoms with Gasteiger partial charge in [-0.15, -0.1) is 0 Å². The van der Waals surface area contributed by atoms with E-state index in [1.807, 2.05) is 60.7 Å². The minimum absolute atomic E-state index is 0.301. The summed E-state index contributed by atoms with van der Waals surface area (Å²) >= 11 is 0. The zero-order valence-corrected chi connectivity index (χ0v) is 20.6. The SMILES string of the molecule is Fc1cccc(-c2nccc3[nH]c(-c4n[nH]c5cnc(-c6cncc(OCc7ccccc7)c6)cc45)cc23)c1. The van der Waals surface area contributed by atoms with E-state index in [-0.39, 0.29) is 5.82 Å². The number of aromatic nitrogens is 6. The van der Waals surface area contributed by atoms with Crippen LogP contribution in [-0.4, -0.2) is 30.1 Å². The van der Waals surface area contributed by atoms with Crippen molar-refractivity contribution in [3.05, 3.63) is 115 Å². The molecule has 0 aliphatic carbocycles. The zero-order valence-electron chi connectivity index (χ0n) is 20.6. The first-order valence-corrected chi connectivity index (χ1v) is 12.4. The summed E-state index contributed by atoms with van der Waals surface area (Å²) in [7, 11) is 0. The lowest BCUT2D eigenvalue weighted by atomic mass is 10.1. The summed E-state index contributed by atoms with van der Waals surface area (Å²) in [6.07, 6.45) is 6.95. The Balaban J connectivity index is 1.24. The van der Waals surface area contributed by atoms with Crippen molar-refractivity contribution in [3.8, 4) is 39.7 Å². The summed E-state index contributed by atoms with van der Waals surface area (Å²) < 4.78 is 19.9. The van der Waals surface area contributed by atoms with E-state index >= 15 is 0 Å². The molecule has 7 nitrogen and oxygen atoms in total. The number of aromatic amines is 2. The fourth-order valence-corrected chi connectivity index (χ4v) is 4.71. The van der Waals surface area contributed by atoms with Crippen LogP contribution in [0.25, 0.3) is 55.7 Å². The standard InChI is InChI=1S/C31H21FN6O/c32-22-8-4-7-20(11-22)30-24-14-28(36-26(24)9-10-34-30)31-25-13-27(35-17-29(25)37-38-31)21-12-23(16-33-15-21)39-18-19-5-2-1-3-6-19/h1-17,36H,18H2,(H,37,38). The highest BCUT2D eigenvalue weighted by Gasteiger charge is 2.16. The lowest BCUT2D eigenvalue weighted by molar-refractivity contribution is 0.305. The number of benzene rings is 2. The number of fused-ring (bicyclic) bond motifs is 2. The van der Waals surface area contributed by atoms with E-state index in [1.54, 1.807) is 30.9 Å². The molecule has 5 aromatic heterocycles. The fraction of sp³-hybridized carbons (Fsp3) is 0.0323. The summed E-state index contributed by atoms with van der Waals surface area (Å²) in [5.41, 5.74) is 7.35. The van der Waals surface area contributed by atoms with Crippen LogP contribution in [0.4, 0.5) is 4.39 Å². The van der Waals surface area contributed by atoms with Crippen LogP contribution in [0.2, 0.25) is 0 Å². The largest absolute Gasteiger partial charge is 0.487 e. The molecule has 0 saturated heterocycles. The highest BCUT2D eigenvalue weighted by Crippen LogP contribution is 2.34. The molecule has 0 radical (unpaired) electrons. The molecule has 0 amide bonds. The second kappa shape index (κ2) is 9.50. The molecule has 5 heterocycles. The van der Waals surface area contributed by atoms with Crippen LogP contribution >= 0.6 is 0 Å². The highest BCUT2D eigenvalue weighted by molar-refractivity contribution is 6.00. The number of halogens is 1. The molecule has 39 heavy (non-hydrogen) atoms. The fourth-order valence-electron chi connectivity index (χ4n) is 4.71. The van der Waals surface area contributed by atoms with E-state index < -0.39 is 0 Å². The monoisotopic (exact) mass is 512 g/mol. The predicted octanol–water partition coefficient (Wildman–Crippen LogP) is 6.95. The number of hydrogen-bond acceptors (Lipinski definition) is 5. The van der Waals surface area contributed by atoms with Gasteiger partial charge in [-0.2, -0.15) is 5.10 Å². The van der Waals surface area contributed by atoms with Crippen molar-refractivity contribution >= 4 is 21.8 Å². The Bertz CT molecular complexity index is 1950. The van der Waals surface area contributed by atoms with Crippen LogP contribution in [0, 0.1) is 5.82 Å². The van der Waals surface area contributed by atoms with Gasteiger partial charge in [-0.1, -0.05) is 42.5 Å². The number of hydrogen-bond donors (Lipinski definition) is 2. The summed E-state index contributed by atoms with van der Waals surface area (Å²) in [5, 5.41) is 9.44. The third-order valence-corrected chi connectivity index (χ3v) is 6.61. The van der Waals surface area contributed by atoms with Crippen molar-refractivity contribution in [1.29, 1.82) is 0 Å². The van der Waals surface area contributed by atoms with E-state index in [1.165, 1.54) is 12.1 Å². The number of rotatable bonds is 6. The van der Waals surface area contributed by atoms with Crippen molar-refractivity contribution < 1.29 is 9.13 Å². The molecule has 2 aromatic carbocycles. The van der Waals surface area contributed by atoms with Gasteiger partial charge in [0.2, 0.25) is 0 Å². The minimum Gasteiger partial charge on any atom is -0.487 e. The van der Waals surface area contributed by atoms with Gasteiger partial charge in [-0.05, 0) is 42.0 Å². The Morgan fingerprint density at radius 1 is 0.744 bits per heavy atom. The van der Waals surface area contributed by atoms with Gasteiger partial charge in [-0.3, -0.25) is 20.1 Å². The van der Waals surface area contributed by atoms with Crippen molar-refractivity contribution in [2.24, 2.45) is 0 Å². The van der Waals surface area contributed by atoms with Gasteiger partial charge in [-0.25, -0.2) is 4.39 Å². The molecule has 0 bridgehead atoms. The minimum atomic E-state index is -0.301. The van der Waals surface area contributed by atoms with Crippen LogP contribution in [0.1, 0.15) is 5.56 Å². The van der Waals surface area contributed by atoms with Gasteiger partial charge in [0.25, 0.3) is 0 Å². The molecule has 8 heteroatoms. The molecular formula is C31H21FN6O. The van der Waals surface area contributed by atoms with Crippen molar-refractivity contribution in [1.82, 2.24) is 30.1 Å². The molecule has 188 valence electrons. The zero-order chi connectivity index (χ0) is 26.2. The molecule has 0 saturated carbocycles. The van der Waals surface area contributed by atoms with Crippen LogP contribution in [0.3, 0.4) is 0 Å². The average molecular weight is 513 g/mol. The lowest BCUT2D eigenvalue weighted by Gasteiger charge is -2.08. The third kappa shape index (κ3) is 4.38. The van der Waals surface area contributed by atoms with Crippen LogP contribution in [0.15, 0.2) is 104 Å². The molecule has 7 aromatic rings. The predicted molar refractivity (Wildman–Crippen MR) is 148 cm³/mol. The van der Waals surface area contributed by atoms with E-state index in [2.05, 4.69) is 30.1 Å². The smallest absolute Gasteiger partial charge is 0.138 e. The molecule has 0 spiro atoms. The average Bonchev–Trinajstić information content (AvgIpc) is 3.60. The summed E-state index contributed by atoms with van der Waals surface area (Å²) in [6, 6.07) is 24.3. The number of pyridine rings is 3. The van der Waals surface area contributed by atoms with Gasteiger partial charge >= 0.3 is 0 Å². The first-order valence-electron chi connectivity index (χ1n) is 12.4. The number of nitrogens with one attached hydrogen (secondary N) is 2. The maximum absolute atomic E-state index is 13.9. The Morgan fingerprint density at radius 3 is 2.54 bits per heavy atom. The maximum atomic E-state index is 13.9. The third-order valence-electron chi connectivity index (χ3n) is 6.61. The van der Waals surface area contributed by atoms with Crippen LogP contribution < -0.4 is 4.74 Å². The van der Waals surface area contributed by atoms with Crippen molar-refractivity contribution in [2.45, 2.75) is 6.61 Å². The first kappa shape index (κ1) is 22.8. The van der Waals surface area contributed by atoms with Crippen LogP contribution in [-0.2, 0) is 6.61 Å². The molecular weight excluding hydrogens is 491 g/mol. The van der Waals surface area contributed by atoms with E-state index in [0.29, 0.717) is 23.6 Å². The summed E-state index contributed by atoms with van der Waals surface area (Å²) in [6.45, 7) is 0.456. The topological polar surface area (TPSA) is 92.4 Å². The molecule has 0 aliphatic rings. The normalized spacial score (nSPS) is 11.3. The van der Waals surface area contributed by atoms with Gasteiger partial charge in [0.15, 0.2) is 0 Å². The molecule has 2 N–H and O–H groups in total. The Kier molecular flexibility index (Phi) is 5.55. The second-order valence-corrected chi connectivity index (χ2v) is 9.19. The van der Waals surface area contributed by atoms with Gasteiger partial charge in [0.1, 0.15) is 23.9 Å². The second-order valence-electron chi connectivity index (χ2n) is 9.19. The van der Waals surface area contributed by atoms with E-state index in [4.69, 9.17) is 4.74 Å². The lowest BCUT2D eigenvalue weighted by Crippen LogP contribution is -1.96. The van der Waals surface area contributed by atoms with Crippen LogP contribution in [0.5, 0.6) is 5.75 Å². The molecule has 0 aliphatic heterocycles. The van der Waals surface area contributed by atoms with Crippen molar-refractivity contribution in [2.75, 3.05) is 0 Å². The maximum Gasteiger partial charge on any atom is 0.138 e. The van der Waals surface area contributed by atoms with Gasteiger partial charge in [0.05, 0.1) is 35.0 Å². The quantitative estimate of drug-likeness (QED) is 0.252. The molecule has 0 fully saturated rings. The number of nitrogens with zero attached hydrogens (tertiary/aromatic N) is 4. The Morgan fingerprint density at radius 2 is 1.64 bits per heavy atom. The van der Waals surface area contributed by atoms with Crippen molar-refractivity contribution in [3.63, 3.8) is 0 Å². The summed E-state index contributed by atoms with van der Waals surface area (Å²) in [5.74, 6) is 0.364. The van der Waals surface area contributed by atoms with Gasteiger partial charge in [0, 0.05) is 39.8 Å². The Labute approximate surface area is 222 Å². The highest BCUT2D eigenvalue weighted by atomic mass is 19.1. The van der Waals surface area contributed by atoms with E-state index in [0.717, 1.165) is 50.0 Å². The first-order chi connectivity index (χ1) is 19.2. The number of H-pyrrole nitrogens is 2. The van der Waals surface area contributed by atoms with E-state index in [9.17, 15) is 4.39 Å².